The van der Waals surface area contributed by atoms with Gasteiger partial charge in [0.2, 0.25) is 0 Å². The molecule has 0 unspecified atom stereocenters. The van der Waals surface area contributed by atoms with Gasteiger partial charge in [0, 0.05) is 15.8 Å². The standard InChI is InChI=1S/C15H10.2C14H25P.2ClH.Ru/c1-2-6-12(7-3-1)15-11-10-13-8-4-5-9-14(13)15;2*1-2-6-12(7-3-1)15-13-8-4-9-14(15)11-5-10-13;;;/h1-9,11H;2*12-14H,1-11H2;2*1H;/q;;;;;+2. The number of fused-ring (bicyclic) bond motifs is 5. The summed E-state index contributed by atoms with van der Waals surface area (Å²) in [7, 11) is 12.5. The predicted molar refractivity (Wildman–Crippen MR) is 217 cm³/mol. The van der Waals surface area contributed by atoms with Crippen LogP contribution in [-0.4, -0.2) is 38.1 Å². The molecule has 0 spiro atoms. The molecule has 2 aromatic carbocycles. The minimum absolute atomic E-state index is 0.0712. The van der Waals surface area contributed by atoms with Crippen LogP contribution >= 0.6 is 35.2 Å². The third-order valence-electron chi connectivity index (χ3n) is 13.4. The molecule has 0 atom stereocenters. The van der Waals surface area contributed by atoms with Crippen LogP contribution in [0.2, 0.25) is 0 Å². The average molecular weight is 813 g/mol. The maximum atomic E-state index is 6.19. The van der Waals surface area contributed by atoms with Crippen molar-refractivity contribution in [3.63, 3.8) is 0 Å². The number of rotatable bonds is 3. The number of hydrogen-bond acceptors (Lipinski definition) is 0. The third-order valence-corrected chi connectivity index (χ3v) is 25.7. The van der Waals surface area contributed by atoms with Gasteiger partial charge in [-0.2, -0.15) is 0 Å². The molecule has 4 saturated heterocycles. The predicted octanol–water partition coefficient (Wildman–Crippen LogP) is 13.9. The van der Waals surface area contributed by atoms with Crippen LogP contribution < -0.4 is 0 Å². The van der Waals surface area contributed by atoms with E-state index >= 15 is 0 Å². The topological polar surface area (TPSA) is 0 Å². The molecule has 0 aromatic heterocycles. The van der Waals surface area contributed by atoms with Gasteiger partial charge >= 0.3 is 120 Å². The van der Waals surface area contributed by atoms with Gasteiger partial charge < -0.3 is 0 Å². The van der Waals surface area contributed by atoms with Crippen molar-refractivity contribution in [3.8, 4) is 0 Å². The summed E-state index contributed by atoms with van der Waals surface area (Å²) in [5.41, 5.74) is 12.4. The maximum absolute atomic E-state index is 6.19. The SMILES string of the molecule is C1CCC([PH+]2C3CCCC2CCC3)CC1.C1CCC([PH+]2C3CCCC2CCC3)CC1.[Cl][Ru]([Cl])=[C]1C=C(c2ccccc2)c2ccccc21. The molecule has 48 heavy (non-hydrogen) atoms. The molecular formula is C43H62Cl2P2Ru+2. The first-order chi connectivity index (χ1) is 23.7. The zero-order valence-electron chi connectivity index (χ0n) is 29.4. The molecular weight excluding hydrogens is 750 g/mol. The molecule has 4 heterocycles. The fourth-order valence-electron chi connectivity index (χ4n) is 11.4. The molecule has 264 valence electrons. The third kappa shape index (κ3) is 8.83. The Morgan fingerprint density at radius 2 is 0.771 bits per heavy atom. The zero-order chi connectivity index (χ0) is 32.7. The van der Waals surface area contributed by atoms with E-state index in [1.54, 1.807) is 141 Å². The van der Waals surface area contributed by atoms with Crippen LogP contribution in [0, 0.1) is 0 Å². The fourth-order valence-corrected chi connectivity index (χ4v) is 24.3. The average Bonchev–Trinajstić information content (AvgIpc) is 3.53. The molecule has 5 heteroatoms. The summed E-state index contributed by atoms with van der Waals surface area (Å²) in [6, 6.07) is 18.7. The van der Waals surface area contributed by atoms with Gasteiger partial charge in [0.25, 0.3) is 0 Å². The van der Waals surface area contributed by atoms with Crippen molar-refractivity contribution in [2.45, 2.75) is 175 Å². The van der Waals surface area contributed by atoms with Gasteiger partial charge in [-0.1, -0.05) is 12.8 Å². The van der Waals surface area contributed by atoms with Gasteiger partial charge in [0.15, 0.2) is 0 Å². The molecule has 2 aromatic rings. The summed E-state index contributed by atoms with van der Waals surface area (Å²) in [5, 5.41) is 0. The Hall–Kier alpha value is 0.113. The van der Waals surface area contributed by atoms with Crippen LogP contribution in [0.3, 0.4) is 0 Å². The van der Waals surface area contributed by atoms with Gasteiger partial charge in [-0.25, -0.2) is 0 Å². The Morgan fingerprint density at radius 1 is 0.417 bits per heavy atom. The molecule has 3 aliphatic carbocycles. The molecule has 7 aliphatic rings. The number of hydrogen-bond donors (Lipinski definition) is 0. The van der Waals surface area contributed by atoms with Gasteiger partial charge in [-0.15, -0.1) is 0 Å². The second-order valence-electron chi connectivity index (χ2n) is 16.2. The van der Waals surface area contributed by atoms with E-state index in [2.05, 4.69) is 36.4 Å². The van der Waals surface area contributed by atoms with Crippen molar-refractivity contribution in [1.82, 2.24) is 0 Å². The molecule has 0 N–H and O–H groups in total. The Morgan fingerprint density at radius 3 is 1.17 bits per heavy atom. The van der Waals surface area contributed by atoms with E-state index in [1.165, 1.54) is 56.2 Å². The number of benzene rings is 2. The Balaban J connectivity index is 0.000000115. The monoisotopic (exact) mass is 812 g/mol. The van der Waals surface area contributed by atoms with E-state index in [0.29, 0.717) is 0 Å². The first-order valence-corrected chi connectivity index (χ1v) is 28.9. The van der Waals surface area contributed by atoms with Gasteiger partial charge in [-0.05, 0) is 128 Å². The summed E-state index contributed by atoms with van der Waals surface area (Å²) in [6.45, 7) is 0. The van der Waals surface area contributed by atoms with Crippen molar-refractivity contribution < 1.29 is 13.5 Å². The quantitative estimate of drug-likeness (QED) is 0.214. The Labute approximate surface area is 309 Å². The Kier molecular flexibility index (Phi) is 13.9. The summed E-state index contributed by atoms with van der Waals surface area (Å²) in [4.78, 5) is 0. The van der Waals surface area contributed by atoms with E-state index < -0.39 is 13.5 Å². The van der Waals surface area contributed by atoms with E-state index in [4.69, 9.17) is 19.4 Å². The van der Waals surface area contributed by atoms with Gasteiger partial charge in [0.05, 0.1) is 34.0 Å². The van der Waals surface area contributed by atoms with Crippen LogP contribution in [-0.2, 0) is 13.5 Å². The van der Waals surface area contributed by atoms with Crippen LogP contribution in [0.1, 0.15) is 158 Å². The molecule has 6 fully saturated rings. The number of allylic oxidation sites excluding steroid dienone is 1. The van der Waals surface area contributed by atoms with Crippen LogP contribution in [0.4, 0.5) is 0 Å². The van der Waals surface area contributed by atoms with Crippen molar-refractivity contribution in [2.24, 2.45) is 0 Å². The van der Waals surface area contributed by atoms with Crippen molar-refractivity contribution in [2.75, 3.05) is 0 Å². The summed E-state index contributed by atoms with van der Waals surface area (Å²) in [5.74, 6) is 0. The van der Waals surface area contributed by atoms with Gasteiger partial charge in [0.1, 0.15) is 0 Å². The zero-order valence-corrected chi connectivity index (χ0v) is 34.7. The van der Waals surface area contributed by atoms with E-state index in [0.717, 1.165) is 4.11 Å². The minimum atomic E-state index is -1.88. The summed E-state index contributed by atoms with van der Waals surface area (Å²) in [6.07, 6.45) is 37.3. The molecule has 0 amide bonds. The van der Waals surface area contributed by atoms with Crippen LogP contribution in [0.25, 0.3) is 5.57 Å². The molecule has 4 aliphatic heterocycles. The van der Waals surface area contributed by atoms with Crippen molar-refractivity contribution in [3.05, 3.63) is 77.4 Å². The second kappa shape index (κ2) is 18.2. The first kappa shape index (κ1) is 36.5. The van der Waals surface area contributed by atoms with Crippen molar-refractivity contribution in [1.29, 1.82) is 0 Å². The molecule has 0 radical (unpaired) electrons. The van der Waals surface area contributed by atoms with Crippen molar-refractivity contribution >= 4 is 44.9 Å². The summed E-state index contributed by atoms with van der Waals surface area (Å²) < 4.78 is 1.12. The van der Waals surface area contributed by atoms with E-state index in [-0.39, 0.29) is 15.8 Å². The number of halogens is 2. The summed E-state index contributed by atoms with van der Waals surface area (Å²) >= 11 is -1.88. The Bertz CT molecular complexity index is 1280. The first-order valence-electron chi connectivity index (χ1n) is 20.1. The molecule has 2 saturated carbocycles. The molecule has 0 nitrogen and oxygen atoms in total. The molecule has 9 rings (SSSR count). The van der Waals surface area contributed by atoms with Crippen LogP contribution in [0.15, 0.2) is 60.7 Å². The van der Waals surface area contributed by atoms with Crippen LogP contribution in [0.5, 0.6) is 0 Å². The van der Waals surface area contributed by atoms with E-state index in [9.17, 15) is 0 Å². The fraction of sp³-hybridized carbons (Fsp3) is 0.651. The molecule has 4 bridgehead atoms. The van der Waals surface area contributed by atoms with Gasteiger partial charge in [-0.3, -0.25) is 0 Å². The van der Waals surface area contributed by atoms with E-state index in [1.807, 2.05) is 24.3 Å². The second-order valence-corrected chi connectivity index (χ2v) is 28.9. The normalized spacial score (nSPS) is 32.1.